The van der Waals surface area contributed by atoms with Crippen LogP contribution < -0.4 is 11.1 Å². The summed E-state index contributed by atoms with van der Waals surface area (Å²) in [5, 5.41) is 3.39. The van der Waals surface area contributed by atoms with Gasteiger partial charge >= 0.3 is 0 Å². The van der Waals surface area contributed by atoms with Crippen LogP contribution in [0.2, 0.25) is 0 Å². The van der Waals surface area contributed by atoms with Crippen molar-refractivity contribution in [1.82, 2.24) is 4.98 Å². The van der Waals surface area contributed by atoms with E-state index in [9.17, 15) is 0 Å². The minimum atomic E-state index is 0.420. The van der Waals surface area contributed by atoms with Gasteiger partial charge in [-0.05, 0) is 53.9 Å². The van der Waals surface area contributed by atoms with Gasteiger partial charge in [-0.2, -0.15) is 0 Å². The Morgan fingerprint density at radius 3 is 2.87 bits per heavy atom. The van der Waals surface area contributed by atoms with Gasteiger partial charge in [0.1, 0.15) is 5.82 Å². The van der Waals surface area contributed by atoms with E-state index >= 15 is 0 Å². The number of aryl methyl sites for hydroxylation is 1. The molecule has 0 amide bonds. The molecule has 84 valence electrons. The summed E-state index contributed by atoms with van der Waals surface area (Å²) >= 11 is 3.43. The van der Waals surface area contributed by atoms with Gasteiger partial charge in [0.15, 0.2) is 0 Å². The molecular formula is C11H18BrN3. The van der Waals surface area contributed by atoms with E-state index in [-0.39, 0.29) is 0 Å². The van der Waals surface area contributed by atoms with Gasteiger partial charge in [-0.3, -0.25) is 0 Å². The van der Waals surface area contributed by atoms with Gasteiger partial charge in [0.2, 0.25) is 0 Å². The summed E-state index contributed by atoms with van der Waals surface area (Å²) in [7, 11) is 0. The van der Waals surface area contributed by atoms with Crippen LogP contribution in [0.4, 0.5) is 5.82 Å². The molecule has 3 nitrogen and oxygen atoms in total. The minimum absolute atomic E-state index is 0.420. The van der Waals surface area contributed by atoms with Gasteiger partial charge in [0.05, 0.1) is 0 Å². The van der Waals surface area contributed by atoms with Gasteiger partial charge in [0.25, 0.3) is 0 Å². The second kappa shape index (κ2) is 6.08. The van der Waals surface area contributed by atoms with Crippen molar-refractivity contribution in [3.63, 3.8) is 0 Å². The van der Waals surface area contributed by atoms with Crippen molar-refractivity contribution in [2.45, 2.75) is 32.7 Å². The minimum Gasteiger partial charge on any atom is -0.367 e. The molecule has 0 aliphatic heterocycles. The molecule has 1 unspecified atom stereocenters. The predicted octanol–water partition coefficient (Wildman–Crippen LogP) is 2.69. The Kier molecular flexibility index (Phi) is 5.05. The van der Waals surface area contributed by atoms with Gasteiger partial charge in [-0.1, -0.05) is 6.92 Å². The van der Waals surface area contributed by atoms with Crippen molar-refractivity contribution < 1.29 is 0 Å². The van der Waals surface area contributed by atoms with E-state index in [0.717, 1.165) is 23.1 Å². The highest BCUT2D eigenvalue weighted by molar-refractivity contribution is 9.10. The molecule has 0 aliphatic carbocycles. The van der Waals surface area contributed by atoms with E-state index in [4.69, 9.17) is 5.73 Å². The Morgan fingerprint density at radius 2 is 2.33 bits per heavy atom. The van der Waals surface area contributed by atoms with E-state index in [0.29, 0.717) is 12.6 Å². The largest absolute Gasteiger partial charge is 0.367 e. The smallest absolute Gasteiger partial charge is 0.126 e. The molecule has 1 heterocycles. The fourth-order valence-electron chi connectivity index (χ4n) is 1.41. The maximum Gasteiger partial charge on any atom is 0.126 e. The molecule has 15 heavy (non-hydrogen) atoms. The summed E-state index contributed by atoms with van der Waals surface area (Å²) in [6, 6.07) is 2.46. The maximum absolute atomic E-state index is 5.54. The topological polar surface area (TPSA) is 50.9 Å². The van der Waals surface area contributed by atoms with E-state index in [1.807, 2.05) is 12.3 Å². The molecule has 0 saturated carbocycles. The summed E-state index contributed by atoms with van der Waals surface area (Å²) in [6.45, 7) is 4.92. The molecule has 0 fully saturated rings. The number of rotatable bonds is 5. The predicted molar refractivity (Wildman–Crippen MR) is 68.0 cm³/mol. The van der Waals surface area contributed by atoms with Crippen LogP contribution in [0, 0.1) is 6.92 Å². The zero-order chi connectivity index (χ0) is 11.3. The Morgan fingerprint density at radius 1 is 1.60 bits per heavy atom. The average Bonchev–Trinajstić information content (AvgIpc) is 2.23. The molecule has 0 aromatic carbocycles. The third kappa shape index (κ3) is 3.80. The summed E-state index contributed by atoms with van der Waals surface area (Å²) < 4.78 is 1.04. The molecule has 0 bridgehead atoms. The molecule has 4 heteroatoms. The highest BCUT2D eigenvalue weighted by Gasteiger charge is 2.06. The standard InChI is InChI=1S/C11H18BrN3/c1-3-9(4-5-13)15-11-6-8(2)10(12)7-14-11/h6-7,9H,3-5,13H2,1-2H3,(H,14,15). The first-order chi connectivity index (χ1) is 7.17. The number of halogens is 1. The fourth-order valence-corrected chi connectivity index (χ4v) is 1.62. The zero-order valence-corrected chi connectivity index (χ0v) is 10.8. The van der Waals surface area contributed by atoms with Crippen molar-refractivity contribution >= 4 is 21.7 Å². The molecule has 0 radical (unpaired) electrons. The van der Waals surface area contributed by atoms with Crippen LogP contribution in [0.5, 0.6) is 0 Å². The molecule has 1 atom stereocenters. The van der Waals surface area contributed by atoms with Crippen molar-refractivity contribution in [1.29, 1.82) is 0 Å². The monoisotopic (exact) mass is 271 g/mol. The van der Waals surface area contributed by atoms with Crippen LogP contribution in [-0.4, -0.2) is 17.6 Å². The van der Waals surface area contributed by atoms with Crippen LogP contribution in [0.3, 0.4) is 0 Å². The highest BCUT2D eigenvalue weighted by Crippen LogP contribution is 2.18. The molecule has 0 saturated heterocycles. The SMILES string of the molecule is CCC(CCN)Nc1cc(C)c(Br)cn1. The van der Waals surface area contributed by atoms with Crippen molar-refractivity contribution in [3.8, 4) is 0 Å². The Bertz CT molecular complexity index is 315. The summed E-state index contributed by atoms with van der Waals surface area (Å²) in [5.74, 6) is 0.927. The number of pyridine rings is 1. The second-order valence-corrected chi connectivity index (χ2v) is 4.50. The molecular weight excluding hydrogens is 254 g/mol. The van der Waals surface area contributed by atoms with E-state index in [1.54, 1.807) is 0 Å². The third-order valence-electron chi connectivity index (χ3n) is 2.41. The number of nitrogens with zero attached hydrogens (tertiary/aromatic N) is 1. The lowest BCUT2D eigenvalue weighted by Gasteiger charge is -2.16. The average molecular weight is 272 g/mol. The van der Waals surface area contributed by atoms with Gasteiger partial charge < -0.3 is 11.1 Å². The number of nitrogens with two attached hydrogens (primary N) is 1. The van der Waals surface area contributed by atoms with Crippen LogP contribution in [0.15, 0.2) is 16.7 Å². The Balaban J connectivity index is 2.66. The second-order valence-electron chi connectivity index (χ2n) is 3.65. The fraction of sp³-hybridized carbons (Fsp3) is 0.545. The number of hydrogen-bond acceptors (Lipinski definition) is 3. The quantitative estimate of drug-likeness (QED) is 0.866. The van der Waals surface area contributed by atoms with Crippen LogP contribution in [0.25, 0.3) is 0 Å². The Hall–Kier alpha value is -0.610. The zero-order valence-electron chi connectivity index (χ0n) is 9.26. The summed E-state index contributed by atoms with van der Waals surface area (Å²) in [4.78, 5) is 4.31. The number of aromatic nitrogens is 1. The van der Waals surface area contributed by atoms with Gasteiger partial charge in [-0.15, -0.1) is 0 Å². The van der Waals surface area contributed by atoms with E-state index in [2.05, 4.69) is 40.1 Å². The van der Waals surface area contributed by atoms with Gasteiger partial charge in [0, 0.05) is 16.7 Å². The summed E-state index contributed by atoms with van der Waals surface area (Å²) in [5.41, 5.74) is 6.73. The van der Waals surface area contributed by atoms with Crippen molar-refractivity contribution in [2.75, 3.05) is 11.9 Å². The Labute approximate surface area is 99.6 Å². The van der Waals surface area contributed by atoms with E-state index in [1.165, 1.54) is 5.56 Å². The lowest BCUT2D eigenvalue weighted by Crippen LogP contribution is -2.22. The molecule has 0 spiro atoms. The van der Waals surface area contributed by atoms with Crippen molar-refractivity contribution in [2.24, 2.45) is 5.73 Å². The number of nitrogens with one attached hydrogen (secondary N) is 1. The summed E-state index contributed by atoms with van der Waals surface area (Å²) in [6.07, 6.45) is 3.87. The first-order valence-corrected chi connectivity index (χ1v) is 6.05. The molecule has 3 N–H and O–H groups in total. The first-order valence-electron chi connectivity index (χ1n) is 5.26. The number of anilines is 1. The lowest BCUT2D eigenvalue weighted by molar-refractivity contribution is 0.639. The van der Waals surface area contributed by atoms with Crippen LogP contribution in [-0.2, 0) is 0 Å². The normalized spacial score (nSPS) is 12.5. The van der Waals surface area contributed by atoms with Crippen LogP contribution in [0.1, 0.15) is 25.3 Å². The maximum atomic E-state index is 5.54. The lowest BCUT2D eigenvalue weighted by atomic mass is 10.1. The highest BCUT2D eigenvalue weighted by atomic mass is 79.9. The molecule has 1 aromatic rings. The number of hydrogen-bond donors (Lipinski definition) is 2. The van der Waals surface area contributed by atoms with E-state index < -0.39 is 0 Å². The molecule has 1 aromatic heterocycles. The molecule has 1 rings (SSSR count). The molecule has 0 aliphatic rings. The third-order valence-corrected chi connectivity index (χ3v) is 3.24. The first kappa shape index (κ1) is 12.5. The van der Waals surface area contributed by atoms with Crippen LogP contribution >= 0.6 is 15.9 Å². The van der Waals surface area contributed by atoms with Crippen molar-refractivity contribution in [3.05, 3.63) is 22.3 Å². The van der Waals surface area contributed by atoms with Gasteiger partial charge in [-0.25, -0.2) is 4.98 Å².